The number of halogens is 1. The van der Waals surface area contributed by atoms with Crippen molar-refractivity contribution in [3.05, 3.63) is 71.5 Å². The molecular formula is C17H16ClN3O2S. The topological polar surface area (TPSA) is 85.1 Å². The van der Waals surface area contributed by atoms with E-state index in [2.05, 4.69) is 9.71 Å². The second-order valence-corrected chi connectivity index (χ2v) is 7.66. The van der Waals surface area contributed by atoms with Gasteiger partial charge in [-0.2, -0.15) is 0 Å². The third kappa shape index (κ3) is 3.51. The average Bonchev–Trinajstić information content (AvgIpc) is 2.56. The van der Waals surface area contributed by atoms with Gasteiger partial charge in [0.15, 0.2) is 0 Å². The van der Waals surface area contributed by atoms with Gasteiger partial charge >= 0.3 is 0 Å². The molecule has 0 saturated heterocycles. The van der Waals surface area contributed by atoms with Crippen molar-refractivity contribution in [2.24, 2.45) is 5.73 Å². The van der Waals surface area contributed by atoms with Gasteiger partial charge < -0.3 is 5.73 Å². The van der Waals surface area contributed by atoms with Crippen LogP contribution in [0.25, 0.3) is 10.8 Å². The summed E-state index contributed by atoms with van der Waals surface area (Å²) < 4.78 is 28.0. The molecule has 0 aliphatic heterocycles. The molecule has 24 heavy (non-hydrogen) atoms. The summed E-state index contributed by atoms with van der Waals surface area (Å²) in [5.74, 6) is 0. The van der Waals surface area contributed by atoms with E-state index in [1.807, 2.05) is 12.1 Å². The SMILES string of the molecule is NCC(c1ccc(Cl)cc1)S(=O)(=O)Nc1ccc2cnccc2c1. The zero-order valence-electron chi connectivity index (χ0n) is 12.7. The highest BCUT2D eigenvalue weighted by Gasteiger charge is 2.26. The fraction of sp³-hybridized carbons (Fsp3) is 0.118. The standard InChI is InChI=1S/C17H16ClN3O2S/c18-15-4-1-12(2-5-15)17(10-19)24(22,23)21-16-6-3-14-11-20-8-7-13(14)9-16/h1-9,11,17,21H,10,19H2. The van der Waals surface area contributed by atoms with Gasteiger partial charge in [0, 0.05) is 35.0 Å². The number of hydrogen-bond acceptors (Lipinski definition) is 4. The second-order valence-electron chi connectivity index (χ2n) is 5.36. The molecule has 0 fully saturated rings. The molecule has 2 aromatic carbocycles. The molecule has 0 radical (unpaired) electrons. The summed E-state index contributed by atoms with van der Waals surface area (Å²) in [7, 11) is -3.69. The number of benzene rings is 2. The Bertz CT molecular complexity index is 959. The molecule has 3 aromatic rings. The Hall–Kier alpha value is -2.15. The molecule has 1 unspecified atom stereocenters. The Labute approximate surface area is 145 Å². The van der Waals surface area contributed by atoms with Crippen LogP contribution in [0.4, 0.5) is 5.69 Å². The van der Waals surface area contributed by atoms with E-state index in [9.17, 15) is 8.42 Å². The van der Waals surface area contributed by atoms with E-state index in [0.717, 1.165) is 10.8 Å². The summed E-state index contributed by atoms with van der Waals surface area (Å²) >= 11 is 5.86. The lowest BCUT2D eigenvalue weighted by atomic mass is 10.1. The number of nitrogens with one attached hydrogen (secondary N) is 1. The van der Waals surface area contributed by atoms with Gasteiger partial charge in [-0.3, -0.25) is 9.71 Å². The highest BCUT2D eigenvalue weighted by Crippen LogP contribution is 2.26. The van der Waals surface area contributed by atoms with E-state index < -0.39 is 15.3 Å². The number of fused-ring (bicyclic) bond motifs is 1. The predicted molar refractivity (Wildman–Crippen MR) is 97.5 cm³/mol. The maximum atomic E-state index is 12.7. The first-order chi connectivity index (χ1) is 11.5. The van der Waals surface area contributed by atoms with Crippen molar-refractivity contribution in [3.8, 4) is 0 Å². The van der Waals surface area contributed by atoms with E-state index in [1.54, 1.807) is 48.8 Å². The molecule has 0 aliphatic carbocycles. The molecule has 1 heterocycles. The average molecular weight is 362 g/mol. The Morgan fingerprint density at radius 2 is 1.83 bits per heavy atom. The van der Waals surface area contributed by atoms with Gasteiger partial charge in [-0.05, 0) is 41.3 Å². The van der Waals surface area contributed by atoms with E-state index in [-0.39, 0.29) is 6.54 Å². The number of pyridine rings is 1. The normalized spacial score (nSPS) is 12.9. The van der Waals surface area contributed by atoms with Crippen LogP contribution in [-0.2, 0) is 10.0 Å². The lowest BCUT2D eigenvalue weighted by molar-refractivity contribution is 0.588. The van der Waals surface area contributed by atoms with Gasteiger partial charge in [-0.15, -0.1) is 0 Å². The number of anilines is 1. The third-order valence-corrected chi connectivity index (χ3v) is 5.72. The largest absolute Gasteiger partial charge is 0.329 e. The molecule has 124 valence electrons. The first-order valence-corrected chi connectivity index (χ1v) is 9.23. The van der Waals surface area contributed by atoms with Crippen molar-refractivity contribution in [2.75, 3.05) is 11.3 Å². The van der Waals surface area contributed by atoms with E-state index >= 15 is 0 Å². The van der Waals surface area contributed by atoms with Crippen LogP contribution in [0.5, 0.6) is 0 Å². The molecule has 0 aliphatic rings. The molecule has 0 amide bonds. The third-order valence-electron chi connectivity index (χ3n) is 3.73. The molecule has 3 rings (SSSR count). The minimum Gasteiger partial charge on any atom is -0.329 e. The van der Waals surface area contributed by atoms with E-state index in [0.29, 0.717) is 16.3 Å². The van der Waals surface area contributed by atoms with Crippen molar-refractivity contribution in [3.63, 3.8) is 0 Å². The molecule has 0 bridgehead atoms. The maximum Gasteiger partial charge on any atom is 0.241 e. The lowest BCUT2D eigenvalue weighted by Crippen LogP contribution is -2.27. The fourth-order valence-corrected chi connectivity index (χ4v) is 3.99. The van der Waals surface area contributed by atoms with Crippen molar-refractivity contribution in [1.82, 2.24) is 4.98 Å². The summed E-state index contributed by atoms with van der Waals surface area (Å²) in [5.41, 5.74) is 6.80. The predicted octanol–water partition coefficient (Wildman–Crippen LogP) is 3.33. The lowest BCUT2D eigenvalue weighted by Gasteiger charge is -2.18. The molecule has 7 heteroatoms. The fourth-order valence-electron chi connectivity index (χ4n) is 2.50. The zero-order chi connectivity index (χ0) is 17.2. The molecule has 5 nitrogen and oxygen atoms in total. The van der Waals surface area contributed by atoms with Crippen molar-refractivity contribution in [2.45, 2.75) is 5.25 Å². The Balaban J connectivity index is 1.91. The summed E-state index contributed by atoms with van der Waals surface area (Å²) in [6.45, 7) is -0.0333. The minimum absolute atomic E-state index is 0.0333. The van der Waals surface area contributed by atoms with Gasteiger partial charge in [0.1, 0.15) is 5.25 Å². The van der Waals surface area contributed by atoms with Crippen molar-refractivity contribution >= 4 is 38.1 Å². The number of hydrogen-bond donors (Lipinski definition) is 2. The van der Waals surface area contributed by atoms with Crippen LogP contribution in [-0.4, -0.2) is 19.9 Å². The Morgan fingerprint density at radius 1 is 1.08 bits per heavy atom. The molecule has 1 atom stereocenters. The molecule has 0 saturated carbocycles. The van der Waals surface area contributed by atoms with Crippen LogP contribution >= 0.6 is 11.6 Å². The van der Waals surface area contributed by atoms with Gasteiger partial charge in [0.25, 0.3) is 0 Å². The van der Waals surface area contributed by atoms with Gasteiger partial charge in [-0.25, -0.2) is 8.42 Å². The molecule has 1 aromatic heterocycles. The quantitative estimate of drug-likeness (QED) is 0.729. The van der Waals surface area contributed by atoms with Crippen LogP contribution in [0, 0.1) is 0 Å². The van der Waals surface area contributed by atoms with Crippen molar-refractivity contribution in [1.29, 1.82) is 0 Å². The van der Waals surface area contributed by atoms with Crippen LogP contribution < -0.4 is 10.5 Å². The Kier molecular flexibility index (Phi) is 4.71. The molecule has 0 spiro atoms. The number of sulfonamides is 1. The van der Waals surface area contributed by atoms with E-state index in [4.69, 9.17) is 17.3 Å². The van der Waals surface area contributed by atoms with Gasteiger partial charge in [0.2, 0.25) is 10.0 Å². The highest BCUT2D eigenvalue weighted by molar-refractivity contribution is 7.93. The van der Waals surface area contributed by atoms with Gasteiger partial charge in [0.05, 0.1) is 0 Å². The highest BCUT2D eigenvalue weighted by atomic mass is 35.5. The first kappa shape index (κ1) is 16.7. The zero-order valence-corrected chi connectivity index (χ0v) is 14.3. The van der Waals surface area contributed by atoms with Crippen LogP contribution in [0.2, 0.25) is 5.02 Å². The number of rotatable bonds is 5. The summed E-state index contributed by atoms with van der Waals surface area (Å²) in [4.78, 5) is 4.04. The van der Waals surface area contributed by atoms with Crippen LogP contribution in [0.15, 0.2) is 60.9 Å². The first-order valence-electron chi connectivity index (χ1n) is 7.30. The molecular weight excluding hydrogens is 346 g/mol. The smallest absolute Gasteiger partial charge is 0.241 e. The Morgan fingerprint density at radius 3 is 2.54 bits per heavy atom. The molecule has 3 N–H and O–H groups in total. The number of aromatic nitrogens is 1. The van der Waals surface area contributed by atoms with Crippen molar-refractivity contribution < 1.29 is 8.42 Å². The monoisotopic (exact) mass is 361 g/mol. The second kappa shape index (κ2) is 6.76. The van der Waals surface area contributed by atoms with Crippen LogP contribution in [0.1, 0.15) is 10.8 Å². The maximum absolute atomic E-state index is 12.7. The number of nitrogens with zero attached hydrogens (tertiary/aromatic N) is 1. The van der Waals surface area contributed by atoms with E-state index in [1.165, 1.54) is 0 Å². The summed E-state index contributed by atoms with van der Waals surface area (Å²) in [6.07, 6.45) is 3.39. The number of nitrogens with two attached hydrogens (primary N) is 1. The van der Waals surface area contributed by atoms with Crippen LogP contribution in [0.3, 0.4) is 0 Å². The summed E-state index contributed by atoms with van der Waals surface area (Å²) in [6, 6.07) is 13.8. The summed E-state index contributed by atoms with van der Waals surface area (Å²) in [5, 5.41) is 1.53. The minimum atomic E-state index is -3.69. The van der Waals surface area contributed by atoms with Gasteiger partial charge in [-0.1, -0.05) is 29.8 Å².